The molecule has 0 aliphatic rings. The highest BCUT2D eigenvalue weighted by atomic mass is 35.5. The molecule has 7 heteroatoms. The summed E-state index contributed by atoms with van der Waals surface area (Å²) in [4.78, 5) is 21.7. The molecular weight excluding hydrogens is 296 g/mol. The second kappa shape index (κ2) is 8.02. The number of carbonyl (C=O) groups is 1. The first-order valence-corrected chi connectivity index (χ1v) is 6.52. The van der Waals surface area contributed by atoms with Crippen LogP contribution in [0.25, 0.3) is 6.08 Å². The lowest BCUT2D eigenvalue weighted by atomic mass is 10.0. The summed E-state index contributed by atoms with van der Waals surface area (Å²) in [7, 11) is 0. The molecule has 0 N–H and O–H groups in total. The van der Waals surface area contributed by atoms with Crippen molar-refractivity contribution in [2.75, 3.05) is 6.61 Å². The van der Waals surface area contributed by atoms with Gasteiger partial charge < -0.3 is 4.74 Å². The third-order valence-electron chi connectivity index (χ3n) is 2.58. The fourth-order valence-electron chi connectivity index (χ4n) is 1.59. The number of halogens is 1. The molecule has 1 rings (SSSR count). The number of rotatable bonds is 6. The Morgan fingerprint density at radius 3 is 2.62 bits per heavy atom. The van der Waals surface area contributed by atoms with Crippen LogP contribution >= 0.6 is 11.6 Å². The standard InChI is InChI=1S/C14H13ClN2O4/c1-2-21-14(18)13(17(19)20)8-11(9-16)7-10-3-5-12(15)6-4-10/h3-7,13H,2,8H2,1H3/b11-7-. The smallest absolute Gasteiger partial charge is 0.382 e. The van der Waals surface area contributed by atoms with Gasteiger partial charge >= 0.3 is 12.0 Å². The van der Waals surface area contributed by atoms with E-state index in [1.807, 2.05) is 6.07 Å². The zero-order valence-corrected chi connectivity index (χ0v) is 12.0. The van der Waals surface area contributed by atoms with Gasteiger partial charge in [-0.25, -0.2) is 4.79 Å². The van der Waals surface area contributed by atoms with Gasteiger partial charge in [-0.05, 0) is 30.7 Å². The predicted molar refractivity (Wildman–Crippen MR) is 77.1 cm³/mol. The van der Waals surface area contributed by atoms with Crippen LogP contribution in [0.1, 0.15) is 18.9 Å². The minimum atomic E-state index is -1.58. The summed E-state index contributed by atoms with van der Waals surface area (Å²) in [5.74, 6) is -0.945. The van der Waals surface area contributed by atoms with Crippen LogP contribution in [-0.4, -0.2) is 23.5 Å². The quantitative estimate of drug-likeness (QED) is 0.348. The van der Waals surface area contributed by atoms with E-state index in [4.69, 9.17) is 16.9 Å². The van der Waals surface area contributed by atoms with E-state index in [9.17, 15) is 14.9 Å². The van der Waals surface area contributed by atoms with E-state index in [1.54, 1.807) is 31.2 Å². The summed E-state index contributed by atoms with van der Waals surface area (Å²) in [6, 6.07) is 6.90. The normalized spacial score (nSPS) is 12.3. The van der Waals surface area contributed by atoms with Crippen molar-refractivity contribution < 1.29 is 14.5 Å². The molecule has 0 fully saturated rings. The number of hydrogen-bond acceptors (Lipinski definition) is 5. The Morgan fingerprint density at radius 2 is 2.14 bits per heavy atom. The number of benzene rings is 1. The lowest BCUT2D eigenvalue weighted by Crippen LogP contribution is -2.31. The summed E-state index contributed by atoms with van der Waals surface area (Å²) in [6.07, 6.45) is 1.16. The molecule has 0 amide bonds. The number of carbonyl (C=O) groups excluding carboxylic acids is 1. The van der Waals surface area contributed by atoms with Gasteiger partial charge in [0.05, 0.1) is 19.1 Å². The van der Waals surface area contributed by atoms with E-state index in [2.05, 4.69) is 4.74 Å². The molecule has 0 spiro atoms. The van der Waals surface area contributed by atoms with E-state index in [-0.39, 0.29) is 18.6 Å². The molecule has 0 aromatic heterocycles. The second-order valence-electron chi connectivity index (χ2n) is 4.09. The molecule has 1 unspecified atom stereocenters. The van der Waals surface area contributed by atoms with E-state index >= 15 is 0 Å². The summed E-state index contributed by atoms with van der Waals surface area (Å²) in [5, 5.41) is 20.5. The SMILES string of the molecule is CCOC(=O)C(C/C(C#N)=C/c1ccc(Cl)cc1)[N+](=O)[O-]. The van der Waals surface area contributed by atoms with Crippen molar-refractivity contribution in [1.82, 2.24) is 0 Å². The Kier molecular flexibility index (Phi) is 6.37. The van der Waals surface area contributed by atoms with Crippen molar-refractivity contribution in [2.45, 2.75) is 19.4 Å². The van der Waals surface area contributed by atoms with Crippen molar-refractivity contribution in [3.63, 3.8) is 0 Å². The number of nitrogens with zero attached hydrogens (tertiary/aromatic N) is 2. The van der Waals surface area contributed by atoms with Crippen molar-refractivity contribution in [1.29, 1.82) is 5.26 Å². The van der Waals surface area contributed by atoms with Crippen LogP contribution in [-0.2, 0) is 9.53 Å². The molecule has 1 aromatic carbocycles. The van der Waals surface area contributed by atoms with Crippen molar-refractivity contribution >= 4 is 23.6 Å². The van der Waals surface area contributed by atoms with Crippen LogP contribution in [0.3, 0.4) is 0 Å². The van der Waals surface area contributed by atoms with Crippen LogP contribution in [0.5, 0.6) is 0 Å². The van der Waals surface area contributed by atoms with Gasteiger partial charge in [-0.1, -0.05) is 23.7 Å². The first kappa shape index (κ1) is 16.7. The Labute approximate surface area is 126 Å². The highest BCUT2D eigenvalue weighted by Crippen LogP contribution is 2.16. The molecule has 0 bridgehead atoms. The lowest BCUT2D eigenvalue weighted by Gasteiger charge is -2.07. The maximum absolute atomic E-state index is 11.5. The molecule has 0 heterocycles. The minimum absolute atomic E-state index is 0.0476. The summed E-state index contributed by atoms with van der Waals surface area (Å²) < 4.78 is 4.64. The van der Waals surface area contributed by atoms with E-state index in [0.717, 1.165) is 0 Å². The fraction of sp³-hybridized carbons (Fsp3) is 0.286. The van der Waals surface area contributed by atoms with E-state index < -0.39 is 16.9 Å². The molecule has 0 aliphatic heterocycles. The molecule has 0 saturated carbocycles. The van der Waals surface area contributed by atoms with Crippen molar-refractivity contribution in [3.8, 4) is 6.07 Å². The Balaban J connectivity index is 2.93. The van der Waals surface area contributed by atoms with Gasteiger partial charge in [-0.15, -0.1) is 0 Å². The molecular formula is C14H13ClN2O4. The van der Waals surface area contributed by atoms with Gasteiger partial charge in [0.15, 0.2) is 0 Å². The van der Waals surface area contributed by atoms with E-state index in [1.165, 1.54) is 6.08 Å². The number of hydrogen-bond donors (Lipinski definition) is 0. The van der Waals surface area contributed by atoms with Gasteiger partial charge in [0.1, 0.15) is 0 Å². The topological polar surface area (TPSA) is 93.2 Å². The second-order valence-corrected chi connectivity index (χ2v) is 4.53. The predicted octanol–water partition coefficient (Wildman–Crippen LogP) is 2.85. The molecule has 6 nitrogen and oxygen atoms in total. The zero-order chi connectivity index (χ0) is 15.8. The number of nitro groups is 1. The maximum atomic E-state index is 11.5. The number of esters is 1. The van der Waals surface area contributed by atoms with Gasteiger partial charge in [-0.2, -0.15) is 5.26 Å². The van der Waals surface area contributed by atoms with Crippen LogP contribution in [0, 0.1) is 21.4 Å². The van der Waals surface area contributed by atoms with Crippen molar-refractivity contribution in [3.05, 3.63) is 50.5 Å². The van der Waals surface area contributed by atoms with Gasteiger partial charge in [0.25, 0.3) is 0 Å². The highest BCUT2D eigenvalue weighted by Gasteiger charge is 2.32. The van der Waals surface area contributed by atoms with Crippen LogP contribution in [0.15, 0.2) is 29.8 Å². The maximum Gasteiger partial charge on any atom is 0.382 e. The van der Waals surface area contributed by atoms with Gasteiger partial charge in [0.2, 0.25) is 0 Å². The van der Waals surface area contributed by atoms with Crippen LogP contribution in [0.2, 0.25) is 5.02 Å². The third-order valence-corrected chi connectivity index (χ3v) is 2.83. The minimum Gasteiger partial charge on any atom is -0.461 e. The molecule has 0 saturated heterocycles. The van der Waals surface area contributed by atoms with Crippen molar-refractivity contribution in [2.24, 2.45) is 0 Å². The summed E-state index contributed by atoms with van der Waals surface area (Å²) in [6.45, 7) is 1.61. The summed E-state index contributed by atoms with van der Waals surface area (Å²) >= 11 is 5.75. The van der Waals surface area contributed by atoms with E-state index in [0.29, 0.717) is 10.6 Å². The first-order valence-electron chi connectivity index (χ1n) is 6.14. The Bertz CT molecular complexity index is 590. The van der Waals surface area contributed by atoms with Gasteiger partial charge in [0, 0.05) is 15.5 Å². The average molecular weight is 309 g/mol. The molecule has 110 valence electrons. The third kappa shape index (κ3) is 5.24. The van der Waals surface area contributed by atoms with Crippen LogP contribution < -0.4 is 0 Å². The Hall–Kier alpha value is -2.39. The number of nitriles is 1. The largest absolute Gasteiger partial charge is 0.461 e. The van der Waals surface area contributed by atoms with Crippen LogP contribution in [0.4, 0.5) is 0 Å². The lowest BCUT2D eigenvalue weighted by molar-refractivity contribution is -0.509. The number of ether oxygens (including phenoxy) is 1. The average Bonchev–Trinajstić information content (AvgIpc) is 2.45. The zero-order valence-electron chi connectivity index (χ0n) is 11.3. The van der Waals surface area contributed by atoms with Gasteiger partial charge in [-0.3, -0.25) is 10.1 Å². The first-order chi connectivity index (χ1) is 9.97. The highest BCUT2D eigenvalue weighted by molar-refractivity contribution is 6.30. The Morgan fingerprint density at radius 1 is 1.52 bits per heavy atom. The fourth-order valence-corrected chi connectivity index (χ4v) is 1.71. The monoisotopic (exact) mass is 308 g/mol. The summed E-state index contributed by atoms with van der Waals surface area (Å²) in [5.41, 5.74) is 0.786. The molecule has 0 aliphatic carbocycles. The molecule has 1 atom stereocenters. The molecule has 0 radical (unpaired) electrons. The molecule has 21 heavy (non-hydrogen) atoms. The molecule has 1 aromatic rings.